The third-order valence-corrected chi connectivity index (χ3v) is 4.42. The lowest BCUT2D eigenvalue weighted by Crippen LogP contribution is -2.45. The first-order valence-corrected chi connectivity index (χ1v) is 9.19. The molecule has 0 saturated heterocycles. The second-order valence-corrected chi connectivity index (χ2v) is 7.73. The third kappa shape index (κ3) is 10.6. The topological polar surface area (TPSA) is 84.9 Å². The lowest BCUT2D eigenvalue weighted by molar-refractivity contribution is -0.896. The van der Waals surface area contributed by atoms with E-state index in [2.05, 4.69) is 11.1 Å². The van der Waals surface area contributed by atoms with Gasteiger partial charge < -0.3 is 23.2 Å². The van der Waals surface area contributed by atoms with Crippen LogP contribution < -0.4 is 4.89 Å². The Hall–Kier alpha value is -0.720. The van der Waals surface area contributed by atoms with Crippen LogP contribution in [-0.2, 0) is 23.1 Å². The summed E-state index contributed by atoms with van der Waals surface area (Å²) in [6.45, 7) is 7.20. The van der Waals surface area contributed by atoms with Gasteiger partial charge in [0.2, 0.25) is 0 Å². The van der Waals surface area contributed by atoms with E-state index in [-0.39, 0.29) is 19.3 Å². The fourth-order valence-electron chi connectivity index (χ4n) is 2.02. The number of carbonyl (C=O) groups is 1. The maximum absolute atomic E-state index is 11.4. The summed E-state index contributed by atoms with van der Waals surface area (Å²) >= 11 is 0. The second-order valence-electron chi connectivity index (χ2n) is 6.32. The summed E-state index contributed by atoms with van der Waals surface area (Å²) in [5.74, 6) is -0.391. The van der Waals surface area contributed by atoms with Gasteiger partial charge >= 0.3 is 5.97 Å². The molecule has 0 aliphatic heterocycles. The molecule has 0 bridgehead atoms. The van der Waals surface area contributed by atoms with Gasteiger partial charge in [-0.3, -0.25) is 4.57 Å². The van der Waals surface area contributed by atoms with Crippen molar-refractivity contribution in [2.24, 2.45) is 0 Å². The van der Waals surface area contributed by atoms with Crippen LogP contribution in [0.5, 0.6) is 0 Å². The highest BCUT2D eigenvalue weighted by atomic mass is 31.2. The molecule has 0 spiro atoms. The molecule has 0 amide bonds. The van der Waals surface area contributed by atoms with Gasteiger partial charge in [-0.25, -0.2) is 4.79 Å². The van der Waals surface area contributed by atoms with E-state index in [9.17, 15) is 14.3 Å². The fraction of sp³-hybridized carbons (Fsp3) is 0.800. The van der Waals surface area contributed by atoms with E-state index in [0.29, 0.717) is 29.5 Å². The summed E-state index contributed by atoms with van der Waals surface area (Å²) in [5.41, 5.74) is 0.377. The number of phosphoric ester groups is 1. The molecule has 2 atom stereocenters. The number of rotatable bonds is 12. The number of hydrogen-bond acceptors (Lipinski definition) is 6. The Morgan fingerprint density at radius 1 is 1.22 bits per heavy atom. The lowest BCUT2D eigenvalue weighted by atomic mass is 10.1. The number of ether oxygens (including phenoxy) is 1. The number of hydrogen-bond donors (Lipinski definition) is 0. The maximum Gasteiger partial charge on any atom is 0.333 e. The minimum absolute atomic E-state index is 0.0658. The van der Waals surface area contributed by atoms with Crippen molar-refractivity contribution in [3.8, 4) is 0 Å². The zero-order valence-electron chi connectivity index (χ0n) is 14.9. The van der Waals surface area contributed by atoms with E-state index in [4.69, 9.17) is 9.26 Å². The van der Waals surface area contributed by atoms with Crippen molar-refractivity contribution in [3.05, 3.63) is 12.2 Å². The van der Waals surface area contributed by atoms with Gasteiger partial charge in [0, 0.05) is 18.4 Å². The largest absolute Gasteiger partial charge is 0.756 e. The molecule has 8 heteroatoms. The number of esters is 1. The summed E-state index contributed by atoms with van der Waals surface area (Å²) in [7, 11) is 1.97. The van der Waals surface area contributed by atoms with Crippen LogP contribution in [0.4, 0.5) is 0 Å². The molecular weight excluding hydrogens is 321 g/mol. The average molecular weight is 351 g/mol. The van der Waals surface area contributed by atoms with Crippen molar-refractivity contribution in [1.82, 2.24) is 0 Å². The molecule has 2 unspecified atom stereocenters. The van der Waals surface area contributed by atoms with Gasteiger partial charge in [-0.2, -0.15) is 0 Å². The summed E-state index contributed by atoms with van der Waals surface area (Å²) in [5, 5.41) is 0. The number of carbonyl (C=O) groups excluding carboxylic acids is 1. The van der Waals surface area contributed by atoms with E-state index in [1.165, 1.54) is 0 Å². The molecule has 0 aliphatic carbocycles. The van der Waals surface area contributed by atoms with Crippen LogP contribution in [0.25, 0.3) is 0 Å². The zero-order valence-corrected chi connectivity index (χ0v) is 15.8. The van der Waals surface area contributed by atoms with Gasteiger partial charge in [-0.05, 0) is 20.3 Å². The Labute approximate surface area is 139 Å². The van der Waals surface area contributed by atoms with Crippen LogP contribution in [0.2, 0.25) is 0 Å². The van der Waals surface area contributed by atoms with Gasteiger partial charge in [-0.15, -0.1) is 0 Å². The smallest absolute Gasteiger partial charge is 0.333 e. The second kappa shape index (κ2) is 10.2. The molecule has 0 radical (unpaired) electrons. The van der Waals surface area contributed by atoms with Gasteiger partial charge in [0.15, 0.2) is 0 Å². The number of phosphoric acid groups is 1. The fourth-order valence-corrected chi connectivity index (χ4v) is 2.76. The number of nitrogens with zero attached hydrogens (tertiary/aromatic N) is 1. The molecule has 0 saturated carbocycles. The van der Waals surface area contributed by atoms with Crippen molar-refractivity contribution in [2.75, 3.05) is 41.0 Å². The highest BCUT2D eigenvalue weighted by Gasteiger charge is 2.24. The van der Waals surface area contributed by atoms with Gasteiger partial charge in [0.1, 0.15) is 0 Å². The van der Waals surface area contributed by atoms with Crippen molar-refractivity contribution >= 4 is 13.8 Å². The van der Waals surface area contributed by atoms with Gasteiger partial charge in [0.25, 0.3) is 7.82 Å². The quantitative estimate of drug-likeness (QED) is 0.175. The van der Waals surface area contributed by atoms with Gasteiger partial charge in [0.05, 0.1) is 47.0 Å². The summed E-state index contributed by atoms with van der Waals surface area (Å²) in [6.07, 6.45) is 2.01. The molecule has 23 heavy (non-hydrogen) atoms. The van der Waals surface area contributed by atoms with Crippen LogP contribution in [0, 0.1) is 0 Å². The van der Waals surface area contributed by atoms with Crippen LogP contribution in [-0.4, -0.2) is 57.5 Å². The SMILES string of the molecule is C=C(C)C(=O)OCCC(CCCOP(=O)([O-])OCC)[N+](C)(C)C. The highest BCUT2D eigenvalue weighted by molar-refractivity contribution is 7.45. The molecule has 0 aromatic carbocycles. The molecule has 0 N–H and O–H groups in total. The molecule has 0 aromatic rings. The van der Waals surface area contributed by atoms with E-state index >= 15 is 0 Å². The highest BCUT2D eigenvalue weighted by Crippen LogP contribution is 2.38. The maximum atomic E-state index is 11.4. The molecule has 7 nitrogen and oxygen atoms in total. The van der Waals surface area contributed by atoms with E-state index in [0.717, 1.165) is 6.42 Å². The molecule has 0 heterocycles. The monoisotopic (exact) mass is 351 g/mol. The Morgan fingerprint density at radius 2 is 1.83 bits per heavy atom. The molecule has 0 aromatic heterocycles. The van der Waals surface area contributed by atoms with Gasteiger partial charge in [-0.1, -0.05) is 6.58 Å². The van der Waals surface area contributed by atoms with Crippen molar-refractivity contribution < 1.29 is 32.5 Å². The summed E-state index contributed by atoms with van der Waals surface area (Å²) in [6, 6.07) is 0.217. The molecule has 0 aliphatic rings. The Kier molecular flexibility index (Phi) is 9.89. The summed E-state index contributed by atoms with van der Waals surface area (Å²) in [4.78, 5) is 22.7. The molecule has 0 rings (SSSR count). The lowest BCUT2D eigenvalue weighted by Gasteiger charge is -2.34. The normalized spacial score (nSPS) is 15.7. The van der Waals surface area contributed by atoms with Crippen LogP contribution in [0.3, 0.4) is 0 Å². The minimum atomic E-state index is -4.17. The standard InChI is InChI=1S/C15H30NO6P/c1-7-21-23(18,19)22-11-8-9-14(16(4,5)6)10-12-20-15(17)13(2)3/h14H,2,7-12H2,1,3-6H3. The van der Waals surface area contributed by atoms with Crippen molar-refractivity contribution in [2.45, 2.75) is 39.2 Å². The predicted molar refractivity (Wildman–Crippen MR) is 86.6 cm³/mol. The van der Waals surface area contributed by atoms with E-state index < -0.39 is 13.8 Å². The Morgan fingerprint density at radius 3 is 2.30 bits per heavy atom. The molecular formula is C15H30NO6P. The number of quaternary nitrogens is 1. The molecule has 0 fully saturated rings. The molecule has 136 valence electrons. The first-order chi connectivity index (χ1) is 10.5. The third-order valence-electron chi connectivity index (χ3n) is 3.35. The average Bonchev–Trinajstić information content (AvgIpc) is 2.39. The van der Waals surface area contributed by atoms with E-state index in [1.54, 1.807) is 13.8 Å². The first kappa shape index (κ1) is 22.3. The zero-order chi connectivity index (χ0) is 18.1. The van der Waals surface area contributed by atoms with Crippen LogP contribution in [0.15, 0.2) is 12.2 Å². The van der Waals surface area contributed by atoms with Crippen molar-refractivity contribution in [3.63, 3.8) is 0 Å². The predicted octanol–water partition coefficient (Wildman–Crippen LogP) is 1.87. The van der Waals surface area contributed by atoms with Crippen LogP contribution in [0.1, 0.15) is 33.1 Å². The van der Waals surface area contributed by atoms with Crippen molar-refractivity contribution in [1.29, 1.82) is 0 Å². The Balaban J connectivity index is 4.25. The summed E-state index contributed by atoms with van der Waals surface area (Å²) < 4.78 is 26.4. The Bertz CT molecular complexity index is 432. The first-order valence-electron chi connectivity index (χ1n) is 7.73. The van der Waals surface area contributed by atoms with E-state index in [1.807, 2.05) is 21.1 Å². The minimum Gasteiger partial charge on any atom is -0.756 e. The van der Waals surface area contributed by atoms with Crippen LogP contribution >= 0.6 is 7.82 Å².